The molecule has 1 atom stereocenters. The van der Waals surface area contributed by atoms with E-state index in [4.69, 9.17) is 27.9 Å². The summed E-state index contributed by atoms with van der Waals surface area (Å²) in [6.45, 7) is 0. The highest BCUT2D eigenvalue weighted by Crippen LogP contribution is 2.30. The molecule has 0 amide bonds. The summed E-state index contributed by atoms with van der Waals surface area (Å²) in [6.07, 6.45) is 4.16. The molecule has 0 saturated carbocycles. The number of aromatic nitrogens is 4. The van der Waals surface area contributed by atoms with Gasteiger partial charge >= 0.3 is 0 Å². The number of halogens is 2. The van der Waals surface area contributed by atoms with E-state index < -0.39 is 6.23 Å². The molecule has 0 aliphatic carbocycles. The topological polar surface area (TPSA) is 52.8 Å². The van der Waals surface area contributed by atoms with Crippen molar-refractivity contribution in [1.82, 2.24) is 19.7 Å². The number of rotatable bonds is 3. The van der Waals surface area contributed by atoms with Crippen molar-refractivity contribution in [2.24, 2.45) is 0 Å². The second-order valence-electron chi connectivity index (χ2n) is 4.18. The van der Waals surface area contributed by atoms with Crippen LogP contribution >= 0.6 is 23.2 Å². The zero-order valence-corrected chi connectivity index (χ0v) is 12.0. The van der Waals surface area contributed by atoms with Gasteiger partial charge in [-0.15, -0.1) is 0 Å². The van der Waals surface area contributed by atoms with Gasteiger partial charge in [-0.05, 0) is 18.2 Å². The number of hydrogen-bond donors (Lipinski definition) is 0. The van der Waals surface area contributed by atoms with Crippen molar-refractivity contribution in [3.63, 3.8) is 0 Å². The van der Waals surface area contributed by atoms with E-state index in [1.807, 2.05) is 12.1 Å². The molecule has 2 heterocycles. The van der Waals surface area contributed by atoms with Crippen LogP contribution in [0, 0.1) is 0 Å². The molecule has 0 aliphatic rings. The van der Waals surface area contributed by atoms with Crippen LogP contribution in [0.2, 0.25) is 10.0 Å². The molecule has 2 aromatic heterocycles. The molecule has 3 rings (SSSR count). The molecule has 0 N–H and O–H groups in total. The Labute approximate surface area is 125 Å². The minimum atomic E-state index is -0.451. The Morgan fingerprint density at radius 2 is 2.10 bits per heavy atom. The van der Waals surface area contributed by atoms with Gasteiger partial charge in [-0.25, -0.2) is 9.67 Å². The number of ether oxygens (including phenoxy) is 1. The van der Waals surface area contributed by atoms with Gasteiger partial charge in [0.1, 0.15) is 12.7 Å². The van der Waals surface area contributed by atoms with Crippen molar-refractivity contribution in [2.75, 3.05) is 7.11 Å². The van der Waals surface area contributed by atoms with Crippen LogP contribution < -0.4 is 0 Å². The van der Waals surface area contributed by atoms with Crippen molar-refractivity contribution in [1.29, 1.82) is 0 Å². The predicted molar refractivity (Wildman–Crippen MR) is 76.9 cm³/mol. The lowest BCUT2D eigenvalue weighted by Gasteiger charge is -2.17. The fraction of sp³-hybridized carbons (Fsp3) is 0.154. The first-order valence-corrected chi connectivity index (χ1v) is 6.56. The first kappa shape index (κ1) is 13.3. The van der Waals surface area contributed by atoms with Gasteiger partial charge in [0.05, 0.1) is 15.6 Å². The molecule has 1 aromatic carbocycles. The lowest BCUT2D eigenvalue weighted by molar-refractivity contribution is 0.0680. The molecule has 0 fully saturated rings. The molecule has 0 aliphatic heterocycles. The number of fused-ring (bicyclic) bond motifs is 1. The maximum atomic E-state index is 6.32. The van der Waals surface area contributed by atoms with E-state index >= 15 is 0 Å². The van der Waals surface area contributed by atoms with E-state index in [0.717, 1.165) is 16.5 Å². The zero-order chi connectivity index (χ0) is 14.1. The van der Waals surface area contributed by atoms with Crippen LogP contribution in [0.1, 0.15) is 11.8 Å². The molecular weight excluding hydrogens is 299 g/mol. The summed E-state index contributed by atoms with van der Waals surface area (Å²) >= 11 is 12.3. The molecule has 102 valence electrons. The van der Waals surface area contributed by atoms with Gasteiger partial charge in [-0.2, -0.15) is 5.10 Å². The first-order chi connectivity index (χ1) is 9.69. The summed E-state index contributed by atoms with van der Waals surface area (Å²) in [6, 6.07) is 5.51. The third kappa shape index (κ3) is 2.35. The van der Waals surface area contributed by atoms with Crippen LogP contribution in [-0.2, 0) is 4.74 Å². The molecule has 0 radical (unpaired) electrons. The molecule has 3 aromatic rings. The Morgan fingerprint density at radius 1 is 1.25 bits per heavy atom. The second kappa shape index (κ2) is 5.36. The number of methoxy groups -OCH3 is 1. The molecule has 20 heavy (non-hydrogen) atoms. The van der Waals surface area contributed by atoms with Crippen molar-refractivity contribution < 1.29 is 4.74 Å². The molecule has 0 saturated heterocycles. The van der Waals surface area contributed by atoms with Crippen LogP contribution in [-0.4, -0.2) is 26.9 Å². The van der Waals surface area contributed by atoms with Crippen molar-refractivity contribution >= 4 is 34.1 Å². The fourth-order valence-corrected chi connectivity index (χ4v) is 2.46. The molecular formula is C13H10Cl2N4O. The third-order valence-electron chi connectivity index (χ3n) is 2.93. The van der Waals surface area contributed by atoms with Crippen LogP contribution in [0.25, 0.3) is 10.9 Å². The number of pyridine rings is 1. The van der Waals surface area contributed by atoms with E-state index in [2.05, 4.69) is 15.1 Å². The van der Waals surface area contributed by atoms with Crippen LogP contribution in [0.5, 0.6) is 0 Å². The lowest BCUT2D eigenvalue weighted by atomic mass is 10.1. The van der Waals surface area contributed by atoms with Gasteiger partial charge in [0, 0.05) is 24.3 Å². The van der Waals surface area contributed by atoms with Crippen molar-refractivity contribution in [3.05, 3.63) is 52.7 Å². The average Bonchev–Trinajstić information content (AvgIpc) is 2.95. The van der Waals surface area contributed by atoms with E-state index in [9.17, 15) is 0 Å². The molecule has 0 spiro atoms. The molecule has 0 bridgehead atoms. The van der Waals surface area contributed by atoms with Crippen LogP contribution in [0.4, 0.5) is 0 Å². The van der Waals surface area contributed by atoms with E-state index in [0.29, 0.717) is 10.0 Å². The Kier molecular flexibility index (Phi) is 3.56. The largest absolute Gasteiger partial charge is 0.355 e. The SMILES string of the molecule is COC(c1cc2cc(Cl)cnc2cc1Cl)n1cncn1. The number of nitrogens with zero attached hydrogens (tertiary/aromatic N) is 4. The predicted octanol–water partition coefficient (Wildman–Crippen LogP) is 3.33. The van der Waals surface area contributed by atoms with Crippen LogP contribution in [0.3, 0.4) is 0 Å². The van der Waals surface area contributed by atoms with Gasteiger partial charge in [0.2, 0.25) is 0 Å². The van der Waals surface area contributed by atoms with Gasteiger partial charge in [-0.3, -0.25) is 4.98 Å². The Hall–Kier alpha value is -1.69. The molecule has 7 heteroatoms. The maximum Gasteiger partial charge on any atom is 0.178 e. The van der Waals surface area contributed by atoms with Crippen molar-refractivity contribution in [2.45, 2.75) is 6.23 Å². The molecule has 5 nitrogen and oxygen atoms in total. The highest BCUT2D eigenvalue weighted by Gasteiger charge is 2.18. The quantitative estimate of drug-likeness (QED) is 0.744. The summed E-state index contributed by atoms with van der Waals surface area (Å²) in [7, 11) is 1.59. The normalized spacial score (nSPS) is 12.8. The number of benzene rings is 1. The van der Waals surface area contributed by atoms with E-state index in [1.165, 1.54) is 6.33 Å². The monoisotopic (exact) mass is 308 g/mol. The lowest BCUT2D eigenvalue weighted by Crippen LogP contribution is -2.13. The smallest absolute Gasteiger partial charge is 0.178 e. The van der Waals surface area contributed by atoms with Gasteiger partial charge < -0.3 is 4.74 Å². The second-order valence-corrected chi connectivity index (χ2v) is 5.03. The van der Waals surface area contributed by atoms with E-state index in [-0.39, 0.29) is 0 Å². The summed E-state index contributed by atoms with van der Waals surface area (Å²) in [5, 5.41) is 6.09. The highest BCUT2D eigenvalue weighted by molar-refractivity contribution is 6.32. The van der Waals surface area contributed by atoms with Gasteiger partial charge in [0.25, 0.3) is 0 Å². The highest BCUT2D eigenvalue weighted by atomic mass is 35.5. The Balaban J connectivity index is 2.17. The van der Waals surface area contributed by atoms with Crippen LogP contribution in [0.15, 0.2) is 37.1 Å². The minimum absolute atomic E-state index is 0.451. The Bertz CT molecular complexity index is 745. The van der Waals surface area contributed by atoms with Gasteiger partial charge in [0.15, 0.2) is 6.23 Å². The van der Waals surface area contributed by atoms with Gasteiger partial charge in [-0.1, -0.05) is 23.2 Å². The summed E-state index contributed by atoms with van der Waals surface area (Å²) in [4.78, 5) is 8.16. The average molecular weight is 309 g/mol. The minimum Gasteiger partial charge on any atom is -0.355 e. The van der Waals surface area contributed by atoms with E-state index in [1.54, 1.807) is 30.4 Å². The standard InChI is InChI=1S/C13H10Cl2N4O/c1-20-13(19-7-16-6-18-19)10-3-8-2-9(14)5-17-12(8)4-11(10)15/h2-7,13H,1H3. The first-order valence-electron chi connectivity index (χ1n) is 5.80. The molecule has 1 unspecified atom stereocenters. The third-order valence-corrected chi connectivity index (χ3v) is 3.47. The summed E-state index contributed by atoms with van der Waals surface area (Å²) in [5.41, 5.74) is 1.55. The fourth-order valence-electron chi connectivity index (χ4n) is 2.05. The zero-order valence-electron chi connectivity index (χ0n) is 10.5. The Morgan fingerprint density at radius 3 is 2.80 bits per heavy atom. The number of hydrogen-bond acceptors (Lipinski definition) is 4. The summed E-state index contributed by atoms with van der Waals surface area (Å²) in [5.74, 6) is 0. The maximum absolute atomic E-state index is 6.32. The summed E-state index contributed by atoms with van der Waals surface area (Å²) < 4.78 is 7.05. The van der Waals surface area contributed by atoms with Crippen molar-refractivity contribution in [3.8, 4) is 0 Å².